The maximum atomic E-state index is 12.2. The molecule has 3 atom stereocenters. The lowest BCUT2D eigenvalue weighted by Crippen LogP contribution is -2.52. The van der Waals surface area contributed by atoms with Crippen molar-refractivity contribution in [2.75, 3.05) is 13.1 Å². The Bertz CT molecular complexity index is 523. The third-order valence-corrected chi connectivity index (χ3v) is 4.19. The first-order valence-electron chi connectivity index (χ1n) is 6.76. The number of thiazole rings is 1. The molecule has 1 aliphatic rings. The smallest absolute Gasteiger partial charge is 0.355 e. The van der Waals surface area contributed by atoms with E-state index in [4.69, 9.17) is 9.84 Å². The van der Waals surface area contributed by atoms with Gasteiger partial charge in [-0.1, -0.05) is 0 Å². The number of aromatic carboxylic acids is 1. The minimum atomic E-state index is -1.06. The Labute approximate surface area is 126 Å². The first-order chi connectivity index (χ1) is 9.86. The number of rotatable bonds is 3. The quantitative estimate of drug-likeness (QED) is 0.886. The average Bonchev–Trinajstić information content (AvgIpc) is 2.87. The van der Waals surface area contributed by atoms with Gasteiger partial charge in [0.2, 0.25) is 0 Å². The molecule has 1 aliphatic heterocycles. The van der Waals surface area contributed by atoms with Crippen LogP contribution in [0.1, 0.15) is 42.3 Å². The maximum absolute atomic E-state index is 12.2. The summed E-state index contributed by atoms with van der Waals surface area (Å²) in [6.45, 7) is 6.73. The third kappa shape index (κ3) is 3.92. The molecule has 0 spiro atoms. The number of nitrogens with zero attached hydrogens (tertiary/aromatic N) is 2. The van der Waals surface area contributed by atoms with Crippen LogP contribution in [0.4, 0.5) is 4.79 Å². The molecule has 0 bridgehead atoms. The number of amides is 2. The number of urea groups is 1. The van der Waals surface area contributed by atoms with Gasteiger partial charge in [0.1, 0.15) is 5.01 Å². The van der Waals surface area contributed by atoms with E-state index >= 15 is 0 Å². The Morgan fingerprint density at radius 2 is 2.10 bits per heavy atom. The summed E-state index contributed by atoms with van der Waals surface area (Å²) in [6.07, 6.45) is 0.0153. The van der Waals surface area contributed by atoms with Crippen LogP contribution < -0.4 is 5.32 Å². The molecule has 1 fully saturated rings. The van der Waals surface area contributed by atoms with Crippen LogP contribution in [0.3, 0.4) is 0 Å². The van der Waals surface area contributed by atoms with Gasteiger partial charge in [-0.3, -0.25) is 0 Å². The molecule has 2 N–H and O–H groups in total. The zero-order valence-electron chi connectivity index (χ0n) is 12.2. The Hall–Kier alpha value is -1.67. The first-order valence-corrected chi connectivity index (χ1v) is 7.64. The number of hydrogen-bond acceptors (Lipinski definition) is 5. The van der Waals surface area contributed by atoms with E-state index in [1.807, 2.05) is 13.8 Å². The molecule has 7 nitrogen and oxygen atoms in total. The van der Waals surface area contributed by atoms with E-state index in [-0.39, 0.29) is 30.0 Å². The Morgan fingerprint density at radius 3 is 2.62 bits per heavy atom. The fraction of sp³-hybridized carbons (Fsp3) is 0.615. The monoisotopic (exact) mass is 313 g/mol. The van der Waals surface area contributed by atoms with Crippen LogP contribution in [-0.2, 0) is 4.74 Å². The van der Waals surface area contributed by atoms with Crippen LogP contribution in [-0.4, -0.2) is 52.3 Å². The second kappa shape index (κ2) is 6.40. The van der Waals surface area contributed by atoms with Crippen LogP contribution in [0.5, 0.6) is 0 Å². The van der Waals surface area contributed by atoms with Crippen molar-refractivity contribution < 1.29 is 19.4 Å². The van der Waals surface area contributed by atoms with Gasteiger partial charge in [0, 0.05) is 18.5 Å². The molecular formula is C13H19N3O4S. The highest BCUT2D eigenvalue weighted by Crippen LogP contribution is 2.19. The normalized spacial score (nSPS) is 23.7. The fourth-order valence-corrected chi connectivity index (χ4v) is 3.07. The van der Waals surface area contributed by atoms with Crippen LogP contribution in [0.25, 0.3) is 0 Å². The molecule has 1 saturated heterocycles. The van der Waals surface area contributed by atoms with E-state index in [0.717, 1.165) is 0 Å². The van der Waals surface area contributed by atoms with Crippen molar-refractivity contribution in [1.29, 1.82) is 0 Å². The lowest BCUT2D eigenvalue weighted by atomic mass is 10.2. The van der Waals surface area contributed by atoms with Crippen molar-refractivity contribution in [3.63, 3.8) is 0 Å². The first kappa shape index (κ1) is 15.7. The summed E-state index contributed by atoms with van der Waals surface area (Å²) >= 11 is 1.23. The van der Waals surface area contributed by atoms with Gasteiger partial charge < -0.3 is 20.1 Å². The zero-order valence-corrected chi connectivity index (χ0v) is 13.0. The summed E-state index contributed by atoms with van der Waals surface area (Å²) in [4.78, 5) is 28.8. The molecule has 2 rings (SSSR count). The van der Waals surface area contributed by atoms with Gasteiger partial charge in [-0.15, -0.1) is 11.3 Å². The number of nitrogens with one attached hydrogen (secondary N) is 1. The minimum Gasteiger partial charge on any atom is -0.476 e. The van der Waals surface area contributed by atoms with Crippen LogP contribution in [0.2, 0.25) is 0 Å². The van der Waals surface area contributed by atoms with Crippen LogP contribution in [0, 0.1) is 0 Å². The van der Waals surface area contributed by atoms with Gasteiger partial charge >= 0.3 is 12.0 Å². The summed E-state index contributed by atoms with van der Waals surface area (Å²) in [7, 11) is 0. The van der Waals surface area contributed by atoms with Gasteiger partial charge in [-0.05, 0) is 20.8 Å². The van der Waals surface area contributed by atoms with Gasteiger partial charge in [-0.2, -0.15) is 0 Å². The van der Waals surface area contributed by atoms with Crippen molar-refractivity contribution in [3.05, 3.63) is 16.1 Å². The number of aromatic nitrogens is 1. The Morgan fingerprint density at radius 1 is 1.48 bits per heavy atom. The average molecular weight is 313 g/mol. The van der Waals surface area contributed by atoms with Crippen molar-refractivity contribution in [3.8, 4) is 0 Å². The summed E-state index contributed by atoms with van der Waals surface area (Å²) in [5.41, 5.74) is 0.00437. The second-order valence-corrected chi connectivity index (χ2v) is 6.10. The van der Waals surface area contributed by atoms with Gasteiger partial charge in [0.15, 0.2) is 5.69 Å². The lowest BCUT2D eigenvalue weighted by molar-refractivity contribution is -0.0547. The number of carboxylic acid groups (broad SMARTS) is 1. The van der Waals surface area contributed by atoms with E-state index in [1.54, 1.807) is 11.8 Å². The largest absolute Gasteiger partial charge is 0.476 e. The van der Waals surface area contributed by atoms with Crippen LogP contribution in [0.15, 0.2) is 5.38 Å². The molecule has 1 aromatic rings. The highest BCUT2D eigenvalue weighted by atomic mass is 32.1. The van der Waals surface area contributed by atoms with Crippen LogP contribution >= 0.6 is 11.3 Å². The molecule has 0 saturated carbocycles. The van der Waals surface area contributed by atoms with E-state index in [9.17, 15) is 9.59 Å². The van der Waals surface area contributed by atoms with Crippen molar-refractivity contribution in [2.45, 2.75) is 39.0 Å². The summed E-state index contributed by atoms with van der Waals surface area (Å²) in [5.74, 6) is -1.06. The molecular weight excluding hydrogens is 294 g/mol. The Balaban J connectivity index is 1.96. The SMILES string of the molecule is CC1CN(C(=O)NC(C)c2nc(C(=O)O)cs2)CC(C)O1. The van der Waals surface area contributed by atoms with Gasteiger partial charge in [0.25, 0.3) is 0 Å². The molecule has 1 aromatic heterocycles. The predicted molar refractivity (Wildman–Crippen MR) is 77.6 cm³/mol. The summed E-state index contributed by atoms with van der Waals surface area (Å²) < 4.78 is 5.59. The zero-order chi connectivity index (χ0) is 15.6. The Kier molecular flexibility index (Phi) is 4.79. The van der Waals surface area contributed by atoms with E-state index < -0.39 is 5.97 Å². The molecule has 2 amide bonds. The number of carbonyl (C=O) groups is 2. The standard InChI is InChI=1S/C13H19N3O4S/c1-7-4-16(5-8(2)20-7)13(19)14-9(3)11-15-10(6-21-11)12(17)18/h6-9H,4-5H2,1-3H3,(H,14,19)(H,17,18). The maximum Gasteiger partial charge on any atom is 0.355 e. The molecule has 0 radical (unpaired) electrons. The van der Waals surface area contributed by atoms with Crippen molar-refractivity contribution >= 4 is 23.3 Å². The molecule has 8 heteroatoms. The molecule has 0 aliphatic carbocycles. The third-order valence-electron chi connectivity index (χ3n) is 3.16. The second-order valence-electron chi connectivity index (χ2n) is 5.21. The van der Waals surface area contributed by atoms with E-state index in [0.29, 0.717) is 18.1 Å². The molecule has 2 heterocycles. The number of hydrogen-bond donors (Lipinski definition) is 2. The fourth-order valence-electron chi connectivity index (χ4n) is 2.27. The highest BCUT2D eigenvalue weighted by molar-refractivity contribution is 7.09. The molecule has 3 unspecified atom stereocenters. The van der Waals surface area contributed by atoms with E-state index in [1.165, 1.54) is 16.7 Å². The molecule has 21 heavy (non-hydrogen) atoms. The van der Waals surface area contributed by atoms with E-state index in [2.05, 4.69) is 10.3 Å². The summed E-state index contributed by atoms with van der Waals surface area (Å²) in [5, 5.41) is 13.8. The molecule has 0 aromatic carbocycles. The number of ether oxygens (including phenoxy) is 1. The number of morpholine rings is 1. The van der Waals surface area contributed by atoms with Gasteiger partial charge in [0.05, 0.1) is 18.2 Å². The predicted octanol–water partition coefficient (Wildman–Crippen LogP) is 1.72. The highest BCUT2D eigenvalue weighted by Gasteiger charge is 2.27. The molecule has 116 valence electrons. The van der Waals surface area contributed by atoms with Crippen molar-refractivity contribution in [2.24, 2.45) is 0 Å². The number of carboxylic acids is 1. The minimum absolute atomic E-state index is 0.00437. The topological polar surface area (TPSA) is 91.8 Å². The van der Waals surface area contributed by atoms with Gasteiger partial charge in [-0.25, -0.2) is 14.6 Å². The van der Waals surface area contributed by atoms with Crippen molar-refractivity contribution in [1.82, 2.24) is 15.2 Å². The lowest BCUT2D eigenvalue weighted by Gasteiger charge is -2.35. The summed E-state index contributed by atoms with van der Waals surface area (Å²) in [6, 6.07) is -0.513. The number of carbonyl (C=O) groups excluding carboxylic acids is 1.